The molecule has 2 aliphatic rings. The molecule has 25 heavy (non-hydrogen) atoms. The molecule has 0 N–H and O–H groups in total. The van der Waals surface area contributed by atoms with E-state index in [9.17, 15) is 9.59 Å². The molecule has 2 fully saturated rings. The lowest BCUT2D eigenvalue weighted by atomic mass is 9.78. The lowest BCUT2D eigenvalue weighted by Gasteiger charge is -2.44. The third kappa shape index (κ3) is 3.11. The van der Waals surface area contributed by atoms with Gasteiger partial charge in [0.25, 0.3) is 11.5 Å². The minimum atomic E-state index is -0.225. The quantitative estimate of drug-likeness (QED) is 0.846. The highest BCUT2D eigenvalue weighted by Crippen LogP contribution is 2.35. The van der Waals surface area contributed by atoms with E-state index in [1.54, 1.807) is 6.07 Å². The number of benzene rings is 1. The van der Waals surface area contributed by atoms with Gasteiger partial charge in [0.1, 0.15) is 5.69 Å². The van der Waals surface area contributed by atoms with Gasteiger partial charge in [-0.15, -0.1) is 0 Å². The number of amides is 1. The van der Waals surface area contributed by atoms with Crippen molar-refractivity contribution >= 4 is 5.91 Å². The van der Waals surface area contributed by atoms with Gasteiger partial charge in [-0.1, -0.05) is 31.0 Å². The minimum absolute atomic E-state index is 0.0405. The Morgan fingerprint density at radius 2 is 1.72 bits per heavy atom. The molecule has 130 valence electrons. The highest BCUT2D eigenvalue weighted by atomic mass is 16.2. The van der Waals surface area contributed by atoms with Gasteiger partial charge in [0.05, 0.1) is 5.69 Å². The maximum atomic E-state index is 13.1. The van der Waals surface area contributed by atoms with Crippen molar-refractivity contribution in [2.45, 2.75) is 44.6 Å². The lowest BCUT2D eigenvalue weighted by Crippen LogP contribution is -2.50. The fourth-order valence-electron chi connectivity index (χ4n) is 4.30. The van der Waals surface area contributed by atoms with Crippen LogP contribution in [0.15, 0.2) is 47.3 Å². The number of nitrogens with zero attached hydrogens (tertiary/aromatic N) is 3. The molecule has 1 saturated heterocycles. The van der Waals surface area contributed by atoms with E-state index < -0.39 is 0 Å². The van der Waals surface area contributed by atoms with E-state index in [-0.39, 0.29) is 11.5 Å². The average molecular weight is 337 g/mol. The summed E-state index contributed by atoms with van der Waals surface area (Å²) in [5.41, 5.74) is 0.808. The highest BCUT2D eigenvalue weighted by molar-refractivity contribution is 5.92. The Kier molecular flexibility index (Phi) is 4.38. The number of carbonyl (C=O) groups is 1. The van der Waals surface area contributed by atoms with Crippen LogP contribution in [0.1, 0.15) is 49.0 Å². The summed E-state index contributed by atoms with van der Waals surface area (Å²) < 4.78 is 1.32. The third-order valence-electron chi connectivity index (χ3n) is 5.52. The van der Waals surface area contributed by atoms with E-state index in [4.69, 9.17) is 0 Å². The zero-order valence-electron chi connectivity index (χ0n) is 14.3. The van der Waals surface area contributed by atoms with Crippen LogP contribution in [0.25, 0.3) is 5.69 Å². The first-order chi connectivity index (χ1) is 12.2. The second kappa shape index (κ2) is 6.82. The van der Waals surface area contributed by atoms with E-state index in [0.717, 1.165) is 19.4 Å². The first-order valence-corrected chi connectivity index (χ1v) is 9.21. The number of likely N-dealkylation sites (tertiary alicyclic amines) is 1. The predicted molar refractivity (Wildman–Crippen MR) is 95.9 cm³/mol. The van der Waals surface area contributed by atoms with Crippen LogP contribution in [0, 0.1) is 5.92 Å². The molecule has 1 aliphatic carbocycles. The smallest absolute Gasteiger partial charge is 0.274 e. The second-order valence-corrected chi connectivity index (χ2v) is 7.06. The van der Waals surface area contributed by atoms with E-state index in [2.05, 4.69) is 5.10 Å². The van der Waals surface area contributed by atoms with Crippen LogP contribution in [0.5, 0.6) is 0 Å². The molecule has 0 unspecified atom stereocenters. The Bertz CT molecular complexity index is 813. The van der Waals surface area contributed by atoms with Gasteiger partial charge in [0, 0.05) is 18.7 Å². The number of carbonyl (C=O) groups excluding carboxylic acids is 1. The molecule has 1 amide bonds. The number of rotatable bonds is 2. The molecular formula is C20H23N3O2. The minimum Gasteiger partial charge on any atom is -0.334 e. The van der Waals surface area contributed by atoms with Crippen molar-refractivity contribution in [1.29, 1.82) is 0 Å². The molecule has 1 aromatic carbocycles. The Morgan fingerprint density at radius 1 is 0.960 bits per heavy atom. The Labute approximate surface area is 147 Å². The summed E-state index contributed by atoms with van der Waals surface area (Å²) in [7, 11) is 0. The standard InChI is InChI=1S/C20H23N3O2/c24-19-13-12-17(21-23(19)16-9-2-1-3-10-16)20(25)22-14-6-8-15-7-4-5-11-18(15)22/h1-3,9-10,12-13,15,18H,4-8,11,14H2/t15-,18+/m1/s1. The summed E-state index contributed by atoms with van der Waals surface area (Å²) in [6, 6.07) is 12.6. The third-order valence-corrected chi connectivity index (χ3v) is 5.52. The predicted octanol–water partition coefficient (Wildman–Crippen LogP) is 3.03. The fourth-order valence-corrected chi connectivity index (χ4v) is 4.30. The second-order valence-electron chi connectivity index (χ2n) is 7.06. The van der Waals surface area contributed by atoms with Crippen LogP contribution in [-0.2, 0) is 0 Å². The largest absolute Gasteiger partial charge is 0.334 e. The number of hydrogen-bond donors (Lipinski definition) is 0. The van der Waals surface area contributed by atoms with Gasteiger partial charge in [-0.25, -0.2) is 0 Å². The molecule has 2 heterocycles. The van der Waals surface area contributed by atoms with Crippen LogP contribution in [0.4, 0.5) is 0 Å². The molecule has 1 saturated carbocycles. The monoisotopic (exact) mass is 337 g/mol. The maximum Gasteiger partial charge on any atom is 0.274 e. The Hall–Kier alpha value is -2.43. The first-order valence-electron chi connectivity index (χ1n) is 9.21. The molecular weight excluding hydrogens is 314 g/mol. The lowest BCUT2D eigenvalue weighted by molar-refractivity contribution is 0.0383. The molecule has 5 nitrogen and oxygen atoms in total. The van der Waals surface area contributed by atoms with Crippen molar-refractivity contribution in [1.82, 2.24) is 14.7 Å². The van der Waals surface area contributed by atoms with Crippen molar-refractivity contribution in [3.05, 3.63) is 58.5 Å². The van der Waals surface area contributed by atoms with Crippen molar-refractivity contribution in [2.24, 2.45) is 5.92 Å². The molecule has 4 rings (SSSR count). The normalized spacial score (nSPS) is 23.1. The van der Waals surface area contributed by atoms with E-state index in [1.165, 1.54) is 36.4 Å². The number of para-hydroxylation sites is 1. The van der Waals surface area contributed by atoms with Gasteiger partial charge in [0.15, 0.2) is 0 Å². The van der Waals surface area contributed by atoms with Gasteiger partial charge in [-0.3, -0.25) is 9.59 Å². The van der Waals surface area contributed by atoms with Crippen molar-refractivity contribution in [2.75, 3.05) is 6.54 Å². The SMILES string of the molecule is O=C(c1ccc(=O)n(-c2ccccc2)n1)N1CCC[C@H]2CCCC[C@@H]21. The zero-order valence-corrected chi connectivity index (χ0v) is 14.3. The average Bonchev–Trinajstić information content (AvgIpc) is 2.68. The maximum absolute atomic E-state index is 13.1. The summed E-state index contributed by atoms with van der Waals surface area (Å²) in [6.07, 6.45) is 7.08. The van der Waals surface area contributed by atoms with Gasteiger partial charge >= 0.3 is 0 Å². The Balaban J connectivity index is 1.65. The molecule has 1 aliphatic heterocycles. The number of hydrogen-bond acceptors (Lipinski definition) is 3. The molecule has 0 bridgehead atoms. The van der Waals surface area contributed by atoms with Crippen LogP contribution >= 0.6 is 0 Å². The van der Waals surface area contributed by atoms with Gasteiger partial charge < -0.3 is 4.90 Å². The topological polar surface area (TPSA) is 55.2 Å². The number of fused-ring (bicyclic) bond motifs is 1. The van der Waals surface area contributed by atoms with Crippen LogP contribution < -0.4 is 5.56 Å². The van der Waals surface area contributed by atoms with E-state index in [0.29, 0.717) is 23.3 Å². The van der Waals surface area contributed by atoms with Crippen molar-refractivity contribution < 1.29 is 4.79 Å². The number of piperidine rings is 1. The summed E-state index contributed by atoms with van der Waals surface area (Å²) >= 11 is 0. The van der Waals surface area contributed by atoms with Crippen molar-refractivity contribution in [3.8, 4) is 5.69 Å². The fraction of sp³-hybridized carbons (Fsp3) is 0.450. The van der Waals surface area contributed by atoms with E-state index >= 15 is 0 Å². The Morgan fingerprint density at radius 3 is 2.56 bits per heavy atom. The van der Waals surface area contributed by atoms with Gasteiger partial charge in [0.2, 0.25) is 0 Å². The molecule has 1 aromatic heterocycles. The first kappa shape index (κ1) is 16.1. The summed E-state index contributed by atoms with van der Waals surface area (Å²) in [6.45, 7) is 0.798. The molecule has 5 heteroatoms. The van der Waals surface area contributed by atoms with Gasteiger partial charge in [-0.2, -0.15) is 9.78 Å². The van der Waals surface area contributed by atoms with Gasteiger partial charge in [-0.05, 0) is 49.8 Å². The summed E-state index contributed by atoms with van der Waals surface area (Å²) in [5, 5.41) is 4.37. The molecule has 2 aromatic rings. The van der Waals surface area contributed by atoms with Crippen molar-refractivity contribution in [3.63, 3.8) is 0 Å². The zero-order chi connectivity index (χ0) is 17.2. The summed E-state index contributed by atoms with van der Waals surface area (Å²) in [4.78, 5) is 27.3. The van der Waals surface area contributed by atoms with Crippen LogP contribution in [0.2, 0.25) is 0 Å². The van der Waals surface area contributed by atoms with E-state index in [1.807, 2.05) is 35.2 Å². The highest BCUT2D eigenvalue weighted by Gasteiger charge is 2.36. The summed E-state index contributed by atoms with van der Waals surface area (Å²) in [5.74, 6) is 0.591. The molecule has 0 radical (unpaired) electrons. The van der Waals surface area contributed by atoms with Crippen LogP contribution in [-0.4, -0.2) is 33.2 Å². The molecule has 0 spiro atoms. The molecule has 2 atom stereocenters. The van der Waals surface area contributed by atoms with Crippen LogP contribution in [0.3, 0.4) is 0 Å². The number of aromatic nitrogens is 2.